The van der Waals surface area contributed by atoms with Crippen LogP contribution in [0.2, 0.25) is 0 Å². The second-order valence-electron chi connectivity index (χ2n) is 11.7. The molecule has 0 radical (unpaired) electrons. The number of piperidine rings is 1. The molecule has 1 spiro atoms. The zero-order valence-corrected chi connectivity index (χ0v) is 25.1. The maximum Gasteiger partial charge on any atom is 0.275 e. The van der Waals surface area contributed by atoms with Crippen LogP contribution in [0.4, 0.5) is 5.82 Å². The number of amides is 2. The molecule has 1 fully saturated rings. The van der Waals surface area contributed by atoms with Crippen molar-refractivity contribution >= 4 is 17.6 Å². The third-order valence-corrected chi connectivity index (χ3v) is 8.75. The summed E-state index contributed by atoms with van der Waals surface area (Å²) in [6.07, 6.45) is 10.00. The van der Waals surface area contributed by atoms with Crippen molar-refractivity contribution in [1.29, 1.82) is 0 Å². The molecule has 4 aromatic rings. The average Bonchev–Trinajstić information content (AvgIpc) is 3.51. The highest BCUT2D eigenvalue weighted by atomic mass is 16.5. The number of likely N-dealkylation sites (tertiary alicyclic amines) is 1. The number of carbonyl (C=O) groups excluding carboxylic acids is 2. The lowest BCUT2D eigenvalue weighted by Gasteiger charge is -2.42. The first kappa shape index (κ1) is 29.3. The van der Waals surface area contributed by atoms with Crippen LogP contribution in [0, 0.1) is 12.3 Å². The third-order valence-electron chi connectivity index (χ3n) is 8.75. The number of rotatable bonds is 4. The van der Waals surface area contributed by atoms with Crippen molar-refractivity contribution in [3.63, 3.8) is 0 Å². The van der Waals surface area contributed by atoms with Gasteiger partial charge in [0.15, 0.2) is 11.6 Å². The molecule has 6 rings (SSSR count). The summed E-state index contributed by atoms with van der Waals surface area (Å²) < 4.78 is 11.8. The number of oxazole rings is 1. The van der Waals surface area contributed by atoms with E-state index in [-0.39, 0.29) is 17.2 Å². The highest BCUT2D eigenvalue weighted by Gasteiger charge is 2.38. The summed E-state index contributed by atoms with van der Waals surface area (Å²) in [7, 11) is 0. The standard InChI is InChI=1S/C34H38N6O4/c1-26-37-29(24-43-26)33(42)39-18-13-34(14-19-39)12-7-17-38(31-22-35-15-16-36-31)20-21-40(23-27-8-3-2-4-9-27)32(41)28-10-5-6-11-30(28)44-25-34/h2-6,8-11,15-16,22,24H,7,12-14,17-21,23,25H2,1H3. The molecule has 10 nitrogen and oxygen atoms in total. The van der Waals surface area contributed by atoms with Crippen LogP contribution in [0.1, 0.15) is 58.0 Å². The minimum atomic E-state index is -0.154. The Morgan fingerprint density at radius 3 is 2.48 bits per heavy atom. The molecular weight excluding hydrogens is 556 g/mol. The number of carbonyl (C=O) groups is 2. The van der Waals surface area contributed by atoms with Crippen molar-refractivity contribution in [3.05, 3.63) is 102 Å². The molecule has 0 saturated carbocycles. The van der Waals surface area contributed by atoms with Gasteiger partial charge < -0.3 is 23.9 Å². The topological polar surface area (TPSA) is 105 Å². The summed E-state index contributed by atoms with van der Waals surface area (Å²) in [6, 6.07) is 17.6. The van der Waals surface area contributed by atoms with Gasteiger partial charge in [0.2, 0.25) is 0 Å². The van der Waals surface area contributed by atoms with E-state index in [4.69, 9.17) is 9.15 Å². The average molecular weight is 595 g/mol. The fourth-order valence-corrected chi connectivity index (χ4v) is 6.18. The molecular formula is C34H38N6O4. The number of hydrogen-bond acceptors (Lipinski definition) is 8. The van der Waals surface area contributed by atoms with Gasteiger partial charge in [0.05, 0.1) is 18.4 Å². The first-order valence-electron chi connectivity index (χ1n) is 15.3. The monoisotopic (exact) mass is 594 g/mol. The van der Waals surface area contributed by atoms with Gasteiger partial charge in [-0.05, 0) is 43.4 Å². The molecule has 2 aromatic heterocycles. The molecule has 2 aliphatic heterocycles. The fraction of sp³-hybridized carbons (Fsp3) is 0.382. The molecule has 2 aromatic carbocycles. The molecule has 2 amide bonds. The van der Waals surface area contributed by atoms with Gasteiger partial charge in [-0.3, -0.25) is 14.6 Å². The number of nitrogens with zero attached hydrogens (tertiary/aromatic N) is 6. The molecule has 2 aliphatic rings. The molecule has 1 saturated heterocycles. The van der Waals surface area contributed by atoms with Gasteiger partial charge in [-0.2, -0.15) is 0 Å². The van der Waals surface area contributed by atoms with Gasteiger partial charge >= 0.3 is 0 Å². The van der Waals surface area contributed by atoms with Crippen molar-refractivity contribution < 1.29 is 18.7 Å². The zero-order valence-electron chi connectivity index (χ0n) is 25.1. The lowest BCUT2D eigenvalue weighted by Crippen LogP contribution is -2.46. The van der Waals surface area contributed by atoms with E-state index in [1.54, 1.807) is 25.5 Å². The Morgan fingerprint density at radius 1 is 0.932 bits per heavy atom. The van der Waals surface area contributed by atoms with Crippen LogP contribution in [0.25, 0.3) is 0 Å². The van der Waals surface area contributed by atoms with Crippen LogP contribution in [0.5, 0.6) is 5.75 Å². The van der Waals surface area contributed by atoms with E-state index in [0.29, 0.717) is 62.2 Å². The number of anilines is 1. The Kier molecular flexibility index (Phi) is 8.86. The van der Waals surface area contributed by atoms with Gasteiger partial charge in [-0.1, -0.05) is 42.5 Å². The fourth-order valence-electron chi connectivity index (χ4n) is 6.18. The second kappa shape index (κ2) is 13.3. The predicted octanol–water partition coefficient (Wildman–Crippen LogP) is 5.02. The molecule has 0 atom stereocenters. The third kappa shape index (κ3) is 6.74. The Bertz CT molecular complexity index is 1550. The van der Waals surface area contributed by atoms with Crippen molar-refractivity contribution in [2.24, 2.45) is 5.41 Å². The number of benzene rings is 2. The van der Waals surface area contributed by atoms with E-state index in [1.807, 2.05) is 64.4 Å². The van der Waals surface area contributed by atoms with Crippen LogP contribution >= 0.6 is 0 Å². The van der Waals surface area contributed by atoms with Crippen LogP contribution in [0.3, 0.4) is 0 Å². The molecule has 4 heterocycles. The smallest absolute Gasteiger partial charge is 0.275 e. The molecule has 44 heavy (non-hydrogen) atoms. The number of aromatic nitrogens is 3. The van der Waals surface area contributed by atoms with Crippen LogP contribution in [-0.2, 0) is 6.54 Å². The minimum absolute atomic E-state index is 0.0693. The summed E-state index contributed by atoms with van der Waals surface area (Å²) in [5.74, 6) is 1.69. The Hall–Kier alpha value is -4.73. The van der Waals surface area contributed by atoms with E-state index < -0.39 is 0 Å². The maximum atomic E-state index is 14.2. The maximum absolute atomic E-state index is 14.2. The normalized spacial score (nSPS) is 17.7. The van der Waals surface area contributed by atoms with Crippen LogP contribution < -0.4 is 9.64 Å². The zero-order chi connectivity index (χ0) is 30.4. The summed E-state index contributed by atoms with van der Waals surface area (Å²) in [4.78, 5) is 46.4. The first-order valence-corrected chi connectivity index (χ1v) is 15.3. The van der Waals surface area contributed by atoms with Gasteiger partial charge in [-0.15, -0.1) is 0 Å². The predicted molar refractivity (Wildman–Crippen MR) is 165 cm³/mol. The molecule has 0 aliphatic carbocycles. The van der Waals surface area contributed by atoms with Gasteiger partial charge in [0.1, 0.15) is 17.8 Å². The highest BCUT2D eigenvalue weighted by molar-refractivity contribution is 5.97. The molecule has 228 valence electrons. The molecule has 0 unspecified atom stereocenters. The van der Waals surface area contributed by atoms with E-state index in [2.05, 4.69) is 19.9 Å². The van der Waals surface area contributed by atoms with E-state index in [9.17, 15) is 9.59 Å². The Morgan fingerprint density at radius 2 is 1.73 bits per heavy atom. The summed E-state index contributed by atoms with van der Waals surface area (Å²) in [5.41, 5.74) is 1.81. The summed E-state index contributed by atoms with van der Waals surface area (Å²) >= 11 is 0. The van der Waals surface area contributed by atoms with Crippen LogP contribution in [-0.4, -0.2) is 75.9 Å². The number of aryl methyl sites for hydroxylation is 1. The van der Waals surface area contributed by atoms with E-state index >= 15 is 0 Å². The number of para-hydroxylation sites is 1. The number of ether oxygens (including phenoxy) is 1. The Labute approximate surface area is 257 Å². The highest BCUT2D eigenvalue weighted by Crippen LogP contribution is 2.38. The molecule has 0 bridgehead atoms. The van der Waals surface area contributed by atoms with Gasteiger partial charge in [0, 0.05) is 64.0 Å². The lowest BCUT2D eigenvalue weighted by atomic mass is 9.75. The Balaban J connectivity index is 1.27. The van der Waals surface area contributed by atoms with E-state index in [0.717, 1.165) is 43.6 Å². The molecule has 0 N–H and O–H groups in total. The number of fused-ring (bicyclic) bond motifs is 1. The second-order valence-corrected chi connectivity index (χ2v) is 11.7. The van der Waals surface area contributed by atoms with Crippen molar-refractivity contribution in [1.82, 2.24) is 24.8 Å². The van der Waals surface area contributed by atoms with Crippen molar-refractivity contribution in [3.8, 4) is 5.75 Å². The quantitative estimate of drug-likeness (QED) is 0.325. The van der Waals surface area contributed by atoms with Crippen LogP contribution in [0.15, 0.2) is 83.9 Å². The molecule has 10 heteroatoms. The van der Waals surface area contributed by atoms with Crippen molar-refractivity contribution in [2.75, 3.05) is 44.2 Å². The SMILES string of the molecule is Cc1nc(C(=O)N2CCC3(CCCN(c4cnccn4)CCN(Cc4ccccc4)C(=O)c4ccccc4OC3)CC2)co1. The van der Waals surface area contributed by atoms with Gasteiger partial charge in [0.25, 0.3) is 11.8 Å². The summed E-state index contributed by atoms with van der Waals surface area (Å²) in [6.45, 7) is 5.80. The largest absolute Gasteiger partial charge is 0.492 e. The van der Waals surface area contributed by atoms with E-state index in [1.165, 1.54) is 6.26 Å². The number of hydrogen-bond donors (Lipinski definition) is 0. The summed E-state index contributed by atoms with van der Waals surface area (Å²) in [5, 5.41) is 0. The van der Waals surface area contributed by atoms with Gasteiger partial charge in [-0.25, -0.2) is 9.97 Å². The lowest BCUT2D eigenvalue weighted by molar-refractivity contribution is 0.0360. The van der Waals surface area contributed by atoms with Crippen molar-refractivity contribution in [2.45, 2.75) is 39.2 Å². The first-order chi connectivity index (χ1) is 21.5. The minimum Gasteiger partial charge on any atom is -0.492 e.